The van der Waals surface area contributed by atoms with Crippen LogP contribution in [0.1, 0.15) is 96.3 Å². The number of nitrogens with zero attached hydrogens (tertiary/aromatic N) is 7. The van der Waals surface area contributed by atoms with Crippen LogP contribution in [-0.4, -0.2) is 117 Å². The van der Waals surface area contributed by atoms with Gasteiger partial charge < -0.3 is 42.5 Å². The molecule has 0 saturated carbocycles. The van der Waals surface area contributed by atoms with E-state index < -0.39 is 35.7 Å². The number of aromatic carboxylic acids is 4. The molecule has 2 aliphatic heterocycles. The minimum Gasteiger partial charge on any atom is -0.478 e. The summed E-state index contributed by atoms with van der Waals surface area (Å²) in [7, 11) is 0. The SMILES string of the molecule is [NH3+]CCNC(=O)c1cc(C(=O)NCC[NH3+])c2nc1CN1Cc3cc(C(=O)O)cc(n3)-c3cc(C(=O)O)cc(n3)CN(Cc3cc(C(=O)O)cc(n3)-c3cc(C(=O)O)cc(n3)C1)C2. The monoisotopic (exact) mass is 847 g/mol. The smallest absolute Gasteiger partial charge is 0.335 e. The highest BCUT2D eigenvalue weighted by Gasteiger charge is 2.28. The summed E-state index contributed by atoms with van der Waals surface area (Å²) in [6.45, 7) is 0.0986. The fourth-order valence-electron chi connectivity index (χ4n) is 7.19. The molecule has 0 unspecified atom stereocenters. The molecule has 0 spiro atoms. The van der Waals surface area contributed by atoms with Crippen molar-refractivity contribution in [1.29, 1.82) is 0 Å². The van der Waals surface area contributed by atoms with Crippen molar-refractivity contribution in [3.05, 3.63) is 122 Å². The first kappa shape index (κ1) is 42.5. The van der Waals surface area contributed by atoms with Gasteiger partial charge in [0.2, 0.25) is 0 Å². The summed E-state index contributed by atoms with van der Waals surface area (Å²) in [5.41, 5.74) is 8.13. The van der Waals surface area contributed by atoms with Gasteiger partial charge in [0.15, 0.2) is 0 Å². The largest absolute Gasteiger partial charge is 0.478 e. The van der Waals surface area contributed by atoms with Crippen molar-refractivity contribution in [2.24, 2.45) is 0 Å². The molecule has 0 fully saturated rings. The number of carbonyl (C=O) groups is 6. The number of pyridine rings is 5. The maximum atomic E-state index is 14.0. The second kappa shape index (κ2) is 17.9. The first-order valence-corrected chi connectivity index (χ1v) is 19.3. The zero-order valence-corrected chi connectivity index (χ0v) is 33.1. The van der Waals surface area contributed by atoms with Gasteiger partial charge >= 0.3 is 23.9 Å². The number of nitrogens with one attached hydrogen (secondary N) is 2. The minimum absolute atomic E-state index is 0.0341. The van der Waals surface area contributed by atoms with E-state index in [1.165, 1.54) is 54.6 Å². The van der Waals surface area contributed by atoms with Gasteiger partial charge in [-0.15, -0.1) is 0 Å². The van der Waals surface area contributed by atoms with Crippen LogP contribution in [0, 0.1) is 0 Å². The quantitative estimate of drug-likeness (QED) is 0.0899. The lowest BCUT2D eigenvalue weighted by molar-refractivity contribution is -0.365. The van der Waals surface area contributed by atoms with Crippen LogP contribution in [0.4, 0.5) is 0 Å². The fraction of sp³-hybridized carbons (Fsp3) is 0.244. The van der Waals surface area contributed by atoms with Crippen molar-refractivity contribution in [1.82, 2.24) is 45.4 Å². The number of carbonyl (C=O) groups excluding carboxylic acids is 2. The molecule has 0 atom stereocenters. The molecule has 7 heterocycles. The third-order valence-electron chi connectivity index (χ3n) is 9.91. The minimum atomic E-state index is -1.31. The highest BCUT2D eigenvalue weighted by atomic mass is 16.4. The zero-order chi connectivity index (χ0) is 44.2. The lowest BCUT2D eigenvalue weighted by Crippen LogP contribution is -2.55. The van der Waals surface area contributed by atoms with Gasteiger partial charge in [0.05, 0.1) is 116 Å². The molecular formula is C41H41N11O10+2. The summed E-state index contributed by atoms with van der Waals surface area (Å²) in [5.74, 6) is -6.35. The molecule has 0 radical (unpaired) electrons. The van der Waals surface area contributed by atoms with Crippen LogP contribution in [0.15, 0.2) is 54.6 Å². The summed E-state index contributed by atoms with van der Waals surface area (Å²) < 4.78 is 0. The second-order valence-electron chi connectivity index (χ2n) is 14.6. The van der Waals surface area contributed by atoms with Gasteiger partial charge in [-0.25, -0.2) is 39.1 Å². The first-order chi connectivity index (χ1) is 29.7. The van der Waals surface area contributed by atoms with Crippen molar-refractivity contribution in [3.63, 3.8) is 0 Å². The van der Waals surface area contributed by atoms with Crippen LogP contribution in [0.2, 0.25) is 0 Å². The fourth-order valence-corrected chi connectivity index (χ4v) is 7.19. The van der Waals surface area contributed by atoms with E-state index in [1.54, 1.807) is 9.80 Å². The molecule has 21 nitrogen and oxygen atoms in total. The van der Waals surface area contributed by atoms with Crippen LogP contribution < -0.4 is 22.1 Å². The van der Waals surface area contributed by atoms with Gasteiger partial charge in [-0.1, -0.05) is 0 Å². The third-order valence-corrected chi connectivity index (χ3v) is 9.91. The van der Waals surface area contributed by atoms with Crippen LogP contribution >= 0.6 is 0 Å². The predicted molar refractivity (Wildman–Crippen MR) is 213 cm³/mol. The molecule has 5 aromatic heterocycles. The summed E-state index contributed by atoms with van der Waals surface area (Å²) in [5, 5.41) is 46.5. The molecule has 2 amide bonds. The maximum Gasteiger partial charge on any atom is 0.335 e. The first-order valence-electron chi connectivity index (χ1n) is 19.3. The van der Waals surface area contributed by atoms with E-state index in [1.807, 2.05) is 0 Å². The molecule has 12 bridgehead atoms. The lowest BCUT2D eigenvalue weighted by Gasteiger charge is -2.25. The van der Waals surface area contributed by atoms with Crippen molar-refractivity contribution in [2.75, 3.05) is 26.2 Å². The highest BCUT2D eigenvalue weighted by Crippen LogP contribution is 2.28. The summed E-state index contributed by atoms with van der Waals surface area (Å²) in [6, 6.07) is 11.8. The molecule has 0 saturated heterocycles. The van der Waals surface area contributed by atoms with Crippen molar-refractivity contribution >= 4 is 35.7 Å². The number of rotatable bonds is 10. The Kier molecular flexibility index (Phi) is 12.3. The zero-order valence-electron chi connectivity index (χ0n) is 33.1. The standard InChI is InChI=1S/C41H39N11O10/c42-1-3-44-36(53)28-13-29(37(54)45-4-2-43)35-19-52-16-26-7-22(40(59)60)11-32(48-26)30-9-20(38(55)56)5-24(46-30)14-51(18-34(28)50-35)15-25-6-21(39(57)58)10-31(47-25)33-12-23(41(61)62)8-27(17-52)49-33/h5-13H,1-4,14-19,42-43H2,(H,44,53)(H,45,54)(H,55,56)(H,57,58)(H,59,60)(H,61,62)/p+2. The van der Waals surface area contributed by atoms with E-state index in [0.29, 0.717) is 13.1 Å². The van der Waals surface area contributed by atoms with Crippen molar-refractivity contribution in [2.45, 2.75) is 39.3 Å². The van der Waals surface area contributed by atoms with Crippen LogP contribution in [0.5, 0.6) is 0 Å². The van der Waals surface area contributed by atoms with Gasteiger partial charge in [-0.2, -0.15) is 0 Å². The number of carboxylic acids is 4. The molecule has 12 N–H and O–H groups in total. The Labute approximate surface area is 351 Å². The normalized spacial score (nSPS) is 15.5. The van der Waals surface area contributed by atoms with Crippen LogP contribution in [0.3, 0.4) is 0 Å². The Balaban J connectivity index is 1.58. The van der Waals surface area contributed by atoms with E-state index in [0.717, 1.165) is 0 Å². The number of hydrogen-bond donors (Lipinski definition) is 8. The summed E-state index contributed by atoms with van der Waals surface area (Å²) >= 11 is 0. The molecule has 21 heteroatoms. The Morgan fingerprint density at radius 2 is 0.742 bits per heavy atom. The average Bonchev–Trinajstić information content (AvgIpc) is 3.23. The molecule has 62 heavy (non-hydrogen) atoms. The predicted octanol–water partition coefficient (Wildman–Crippen LogP) is -0.237. The van der Waals surface area contributed by atoms with Crippen LogP contribution in [-0.2, 0) is 39.3 Å². The third kappa shape index (κ3) is 9.55. The topological polar surface area (TPSA) is 334 Å². The average molecular weight is 848 g/mol. The second-order valence-corrected chi connectivity index (χ2v) is 14.6. The number of carboxylic acid groups (broad SMARTS) is 4. The summed E-state index contributed by atoms with van der Waals surface area (Å²) in [4.78, 5) is 105. The Bertz CT molecular complexity index is 2370. The maximum absolute atomic E-state index is 14.0. The van der Waals surface area contributed by atoms with Crippen LogP contribution in [0.25, 0.3) is 22.8 Å². The molecule has 0 aliphatic carbocycles. The van der Waals surface area contributed by atoms with E-state index in [4.69, 9.17) is 24.9 Å². The van der Waals surface area contributed by atoms with Crippen molar-refractivity contribution < 1.29 is 60.7 Å². The number of fused-ring (bicyclic) bond motifs is 12. The Hall–Kier alpha value is -7.59. The molecule has 0 aromatic carbocycles. The van der Waals surface area contributed by atoms with Crippen molar-refractivity contribution in [3.8, 4) is 22.8 Å². The molecular weight excluding hydrogens is 807 g/mol. The molecule has 2 aliphatic rings. The van der Waals surface area contributed by atoms with Gasteiger partial charge in [0, 0.05) is 39.3 Å². The Morgan fingerprint density at radius 3 is 1.00 bits per heavy atom. The van der Waals surface area contributed by atoms with Gasteiger partial charge in [-0.05, 0) is 54.6 Å². The number of aromatic nitrogens is 5. The molecule has 7 rings (SSSR count). The Morgan fingerprint density at radius 1 is 0.452 bits per heavy atom. The van der Waals surface area contributed by atoms with Gasteiger partial charge in [0.1, 0.15) is 0 Å². The van der Waals surface area contributed by atoms with E-state index in [9.17, 15) is 49.2 Å². The molecule has 5 aromatic rings. The van der Waals surface area contributed by atoms with Gasteiger partial charge in [0.25, 0.3) is 11.8 Å². The van der Waals surface area contributed by atoms with E-state index in [-0.39, 0.29) is 143 Å². The lowest BCUT2D eigenvalue weighted by atomic mass is 10.0. The summed E-state index contributed by atoms with van der Waals surface area (Å²) in [6.07, 6.45) is 0. The number of quaternary nitrogens is 2. The van der Waals surface area contributed by atoms with Gasteiger partial charge in [-0.3, -0.25) is 24.4 Å². The highest BCUT2D eigenvalue weighted by molar-refractivity contribution is 6.01. The number of amides is 2. The van der Waals surface area contributed by atoms with E-state index >= 15 is 0 Å². The van der Waals surface area contributed by atoms with E-state index in [2.05, 4.69) is 22.1 Å². The molecule has 318 valence electrons. The number of hydrogen-bond acceptors (Lipinski definition) is 13.